The average molecular weight is 276 g/mol. The summed E-state index contributed by atoms with van der Waals surface area (Å²) in [6.07, 6.45) is 8.82. The molecule has 2 N–H and O–H groups in total. The van der Waals surface area contributed by atoms with Crippen LogP contribution in [0.25, 0.3) is 0 Å². The molecule has 5 heteroatoms. The van der Waals surface area contributed by atoms with Gasteiger partial charge in [0.2, 0.25) is 0 Å². The molecule has 19 heavy (non-hydrogen) atoms. The van der Waals surface area contributed by atoms with Gasteiger partial charge in [-0.1, -0.05) is 6.42 Å². The van der Waals surface area contributed by atoms with E-state index in [9.17, 15) is 0 Å². The minimum Gasteiger partial charge on any atom is -0.323 e. The van der Waals surface area contributed by atoms with Gasteiger partial charge in [0.25, 0.3) is 0 Å². The van der Waals surface area contributed by atoms with Gasteiger partial charge in [-0.2, -0.15) is 5.10 Å². The third-order valence-electron chi connectivity index (χ3n) is 3.84. The van der Waals surface area contributed by atoms with Crippen molar-refractivity contribution in [3.05, 3.63) is 33.5 Å². The van der Waals surface area contributed by atoms with Gasteiger partial charge in [-0.05, 0) is 37.3 Å². The van der Waals surface area contributed by atoms with Crippen LogP contribution in [0.3, 0.4) is 0 Å². The molecule has 0 radical (unpaired) electrons. The van der Waals surface area contributed by atoms with Crippen LogP contribution in [-0.4, -0.2) is 14.8 Å². The summed E-state index contributed by atoms with van der Waals surface area (Å²) in [5, 5.41) is 4.09. The molecular weight excluding hydrogens is 256 g/mol. The average Bonchev–Trinajstić information content (AvgIpc) is 2.91. The second-order valence-electron chi connectivity index (χ2n) is 5.27. The predicted molar refractivity (Wildman–Crippen MR) is 77.2 cm³/mol. The lowest BCUT2D eigenvalue weighted by Crippen LogP contribution is -2.15. The van der Waals surface area contributed by atoms with Gasteiger partial charge < -0.3 is 5.73 Å². The summed E-state index contributed by atoms with van der Waals surface area (Å²) in [6.45, 7) is 0. The van der Waals surface area contributed by atoms with Crippen molar-refractivity contribution >= 4 is 11.3 Å². The molecule has 2 aromatic rings. The molecule has 0 spiro atoms. The van der Waals surface area contributed by atoms with Gasteiger partial charge in [0.05, 0.1) is 0 Å². The predicted octanol–water partition coefficient (Wildman–Crippen LogP) is 2.39. The number of nitrogens with zero attached hydrogens (tertiary/aromatic N) is 3. The Bertz CT molecular complexity index is 534. The maximum absolute atomic E-state index is 6.34. The van der Waals surface area contributed by atoms with E-state index in [0.717, 1.165) is 12.2 Å². The molecule has 2 aromatic heterocycles. The highest BCUT2D eigenvalue weighted by atomic mass is 32.1. The largest absolute Gasteiger partial charge is 0.323 e. The van der Waals surface area contributed by atoms with Crippen molar-refractivity contribution in [2.75, 3.05) is 0 Å². The van der Waals surface area contributed by atoms with Gasteiger partial charge in [-0.3, -0.25) is 4.68 Å². The fraction of sp³-hybridized carbons (Fsp3) is 0.571. The van der Waals surface area contributed by atoms with Crippen molar-refractivity contribution in [2.45, 2.75) is 44.6 Å². The van der Waals surface area contributed by atoms with Gasteiger partial charge in [0, 0.05) is 29.3 Å². The minimum atomic E-state index is 0.0415. The van der Waals surface area contributed by atoms with E-state index in [2.05, 4.69) is 16.1 Å². The lowest BCUT2D eigenvalue weighted by molar-refractivity contribution is 0.635. The van der Waals surface area contributed by atoms with Crippen LogP contribution in [-0.2, 0) is 26.3 Å². The molecule has 1 atom stereocenters. The Balaban J connectivity index is 1.77. The number of thiophene rings is 1. The van der Waals surface area contributed by atoms with Crippen LogP contribution < -0.4 is 5.73 Å². The van der Waals surface area contributed by atoms with Gasteiger partial charge in [-0.25, -0.2) is 4.98 Å². The van der Waals surface area contributed by atoms with Crippen LogP contribution in [0, 0.1) is 0 Å². The van der Waals surface area contributed by atoms with Crippen molar-refractivity contribution < 1.29 is 0 Å². The van der Waals surface area contributed by atoms with Crippen LogP contribution in [0.1, 0.15) is 46.4 Å². The van der Waals surface area contributed by atoms with Crippen molar-refractivity contribution in [3.8, 4) is 0 Å². The number of fused-ring (bicyclic) bond motifs is 1. The van der Waals surface area contributed by atoms with Crippen LogP contribution in [0.5, 0.6) is 0 Å². The second kappa shape index (κ2) is 5.43. The Morgan fingerprint density at radius 3 is 3.00 bits per heavy atom. The maximum atomic E-state index is 6.34. The second-order valence-corrected chi connectivity index (χ2v) is 6.44. The summed E-state index contributed by atoms with van der Waals surface area (Å²) in [5.41, 5.74) is 7.87. The molecule has 102 valence electrons. The van der Waals surface area contributed by atoms with Gasteiger partial charge in [0.15, 0.2) is 0 Å². The van der Waals surface area contributed by atoms with E-state index in [4.69, 9.17) is 5.73 Å². The topological polar surface area (TPSA) is 56.7 Å². The zero-order chi connectivity index (χ0) is 13.2. The van der Waals surface area contributed by atoms with E-state index < -0.39 is 0 Å². The van der Waals surface area contributed by atoms with Crippen molar-refractivity contribution in [1.82, 2.24) is 14.8 Å². The zero-order valence-corrected chi connectivity index (χ0v) is 12.1. The lowest BCUT2D eigenvalue weighted by atomic mass is 10.1. The smallest absolute Gasteiger partial charge is 0.138 e. The van der Waals surface area contributed by atoms with Gasteiger partial charge in [0.1, 0.15) is 12.2 Å². The van der Waals surface area contributed by atoms with Gasteiger partial charge in [-0.15, -0.1) is 11.3 Å². The number of aromatic nitrogens is 3. The molecule has 4 nitrogen and oxygen atoms in total. The molecule has 0 amide bonds. The zero-order valence-electron chi connectivity index (χ0n) is 11.3. The molecule has 1 unspecified atom stereocenters. The first-order valence-electron chi connectivity index (χ1n) is 6.94. The Kier molecular flexibility index (Phi) is 3.66. The Labute approximate surface area is 117 Å². The van der Waals surface area contributed by atoms with Crippen molar-refractivity contribution in [3.63, 3.8) is 0 Å². The van der Waals surface area contributed by atoms with Crippen LogP contribution in [0.4, 0.5) is 0 Å². The van der Waals surface area contributed by atoms with E-state index in [0.29, 0.717) is 0 Å². The van der Waals surface area contributed by atoms with Crippen LogP contribution in [0.15, 0.2) is 12.4 Å². The summed E-state index contributed by atoms with van der Waals surface area (Å²) in [5.74, 6) is 0.955. The fourth-order valence-electron chi connectivity index (χ4n) is 2.68. The third-order valence-corrected chi connectivity index (χ3v) is 5.21. The van der Waals surface area contributed by atoms with E-state index in [1.54, 1.807) is 15.9 Å². The maximum Gasteiger partial charge on any atom is 0.138 e. The lowest BCUT2D eigenvalue weighted by Gasteiger charge is -2.08. The van der Waals surface area contributed by atoms with E-state index in [1.807, 2.05) is 18.4 Å². The number of nitrogens with two attached hydrogens (primary N) is 1. The molecule has 0 bridgehead atoms. The highest BCUT2D eigenvalue weighted by Gasteiger charge is 2.17. The number of rotatable bonds is 3. The van der Waals surface area contributed by atoms with E-state index >= 15 is 0 Å². The molecule has 0 saturated heterocycles. The summed E-state index contributed by atoms with van der Waals surface area (Å²) in [4.78, 5) is 7.11. The highest BCUT2D eigenvalue weighted by molar-refractivity contribution is 7.12. The SMILES string of the molecule is Cn1ncnc1CC(N)c1cc2c(s1)CCCCC2. The summed E-state index contributed by atoms with van der Waals surface area (Å²) >= 11 is 1.90. The molecule has 3 rings (SSSR count). The summed E-state index contributed by atoms with van der Waals surface area (Å²) in [6, 6.07) is 2.37. The Hall–Kier alpha value is -1.20. The standard InChI is InChI=1S/C14H20N4S/c1-18-14(16-9-17-18)8-11(15)13-7-10-5-3-2-4-6-12(10)19-13/h7,9,11H,2-6,8,15H2,1H3. The molecular formula is C14H20N4S. The van der Waals surface area contributed by atoms with Crippen molar-refractivity contribution in [1.29, 1.82) is 0 Å². The van der Waals surface area contributed by atoms with Crippen LogP contribution in [0.2, 0.25) is 0 Å². The molecule has 0 aromatic carbocycles. The third kappa shape index (κ3) is 2.72. The van der Waals surface area contributed by atoms with Gasteiger partial charge >= 0.3 is 0 Å². The van der Waals surface area contributed by atoms with E-state index in [-0.39, 0.29) is 6.04 Å². The summed E-state index contributed by atoms with van der Waals surface area (Å²) < 4.78 is 1.80. The molecule has 1 aliphatic carbocycles. The molecule has 2 heterocycles. The molecule has 0 fully saturated rings. The normalized spacial score (nSPS) is 16.9. The number of aryl methyl sites for hydroxylation is 3. The molecule has 0 aliphatic heterocycles. The van der Waals surface area contributed by atoms with Crippen LogP contribution >= 0.6 is 11.3 Å². The Morgan fingerprint density at radius 1 is 1.37 bits per heavy atom. The highest BCUT2D eigenvalue weighted by Crippen LogP contribution is 2.32. The Morgan fingerprint density at radius 2 is 2.21 bits per heavy atom. The monoisotopic (exact) mass is 276 g/mol. The number of hydrogen-bond acceptors (Lipinski definition) is 4. The number of hydrogen-bond donors (Lipinski definition) is 1. The minimum absolute atomic E-state index is 0.0415. The first-order valence-corrected chi connectivity index (χ1v) is 7.75. The molecule has 1 aliphatic rings. The first kappa shape index (κ1) is 12.8. The van der Waals surface area contributed by atoms with Crippen molar-refractivity contribution in [2.24, 2.45) is 12.8 Å². The quantitative estimate of drug-likeness (QED) is 0.876. The fourth-order valence-corrected chi connectivity index (χ4v) is 3.93. The molecule has 0 saturated carbocycles. The van der Waals surface area contributed by atoms with E-state index in [1.165, 1.54) is 42.5 Å². The summed E-state index contributed by atoms with van der Waals surface area (Å²) in [7, 11) is 1.92. The first-order chi connectivity index (χ1) is 9.24.